The number of rotatable bonds is 3. The third kappa shape index (κ3) is 3.57. The highest BCUT2D eigenvalue weighted by molar-refractivity contribution is 9.10. The van der Waals surface area contributed by atoms with Gasteiger partial charge in [-0.05, 0) is 34.1 Å². The number of thiocarbonyl (C=S) groups is 1. The number of nitrogens with zero attached hydrogens (tertiary/aromatic N) is 1. The van der Waals surface area contributed by atoms with Crippen LogP contribution in [0.5, 0.6) is 5.75 Å². The number of thioether (sulfide) groups is 1. The zero-order chi connectivity index (χ0) is 15.7. The van der Waals surface area contributed by atoms with Crippen molar-refractivity contribution in [1.82, 2.24) is 4.90 Å². The lowest BCUT2D eigenvalue weighted by Gasteiger charge is -2.14. The zero-order valence-electron chi connectivity index (χ0n) is 10.1. The van der Waals surface area contributed by atoms with Crippen molar-refractivity contribution in [3.05, 3.63) is 32.1 Å². The molecule has 1 fully saturated rings. The van der Waals surface area contributed by atoms with Crippen molar-refractivity contribution < 1.29 is 19.8 Å². The number of hydrogen-bond acceptors (Lipinski definition) is 6. The van der Waals surface area contributed by atoms with Crippen molar-refractivity contribution >= 4 is 73.8 Å². The number of phenolic OH excluding ortho intramolecular Hbond substituents is 1. The van der Waals surface area contributed by atoms with Crippen molar-refractivity contribution in [2.45, 2.75) is 0 Å². The van der Waals surface area contributed by atoms with Gasteiger partial charge < -0.3 is 15.0 Å². The van der Waals surface area contributed by atoms with E-state index in [1.165, 1.54) is 18.2 Å². The number of carbonyl (C=O) groups is 2. The summed E-state index contributed by atoms with van der Waals surface area (Å²) >= 11 is 14.9. The van der Waals surface area contributed by atoms with Crippen LogP contribution in [0.4, 0.5) is 0 Å². The summed E-state index contributed by atoms with van der Waals surface area (Å²) in [5.41, 5.74) is 0.323. The van der Waals surface area contributed by atoms with Gasteiger partial charge in [-0.1, -0.05) is 35.6 Å². The molecule has 1 aromatic carbocycles. The second kappa shape index (κ2) is 6.35. The number of phenols is 1. The van der Waals surface area contributed by atoms with Crippen LogP contribution in [0.25, 0.3) is 6.08 Å². The molecule has 110 valence electrons. The first kappa shape index (κ1) is 16.3. The molecule has 0 atom stereocenters. The van der Waals surface area contributed by atoms with Gasteiger partial charge in [-0.15, -0.1) is 0 Å². The van der Waals surface area contributed by atoms with Gasteiger partial charge in [-0.25, -0.2) is 0 Å². The molecule has 2 rings (SSSR count). The van der Waals surface area contributed by atoms with E-state index in [1.807, 2.05) is 0 Å². The molecule has 9 heteroatoms. The predicted octanol–water partition coefficient (Wildman–Crippen LogP) is 1.76. The highest BCUT2D eigenvalue weighted by Crippen LogP contribution is 2.37. The molecule has 0 bridgehead atoms. The molecule has 1 N–H and O–H groups in total. The molecule has 1 amide bonds. The van der Waals surface area contributed by atoms with Crippen molar-refractivity contribution in [1.29, 1.82) is 0 Å². The monoisotopic (exact) mass is 406 g/mol. The molecular weight excluding hydrogens is 402 g/mol. The van der Waals surface area contributed by atoms with E-state index in [9.17, 15) is 19.8 Å². The van der Waals surface area contributed by atoms with Crippen molar-refractivity contribution in [2.24, 2.45) is 0 Å². The summed E-state index contributed by atoms with van der Waals surface area (Å²) in [6.45, 7) is -0.604. The second-order valence-corrected chi connectivity index (χ2v) is 6.93. The van der Waals surface area contributed by atoms with Crippen LogP contribution < -0.4 is 5.11 Å². The number of carboxylic acid groups (broad SMARTS) is 1. The minimum atomic E-state index is -1.40. The number of aromatic hydroxyl groups is 1. The number of hydrogen-bond donors (Lipinski definition) is 1. The molecule has 0 aromatic heterocycles. The first-order valence-corrected chi connectivity index (χ1v) is 7.82. The van der Waals surface area contributed by atoms with Gasteiger partial charge >= 0.3 is 0 Å². The fraction of sp³-hybridized carbons (Fsp3) is 0.0833. The van der Waals surface area contributed by atoms with Crippen LogP contribution in [0, 0.1) is 0 Å². The molecule has 1 aliphatic heterocycles. The van der Waals surface area contributed by atoms with Gasteiger partial charge in [-0.2, -0.15) is 0 Å². The highest BCUT2D eigenvalue weighted by Gasteiger charge is 2.32. The number of carbonyl (C=O) groups excluding carboxylic acids is 2. The minimum absolute atomic E-state index is 0.0791. The van der Waals surface area contributed by atoms with Crippen LogP contribution >= 0.6 is 51.5 Å². The van der Waals surface area contributed by atoms with Crippen molar-refractivity contribution in [3.8, 4) is 5.75 Å². The average molecular weight is 408 g/mol. The van der Waals surface area contributed by atoms with Gasteiger partial charge in [0.1, 0.15) is 10.1 Å². The molecule has 1 aliphatic rings. The summed E-state index contributed by atoms with van der Waals surface area (Å²) in [7, 11) is 0. The molecule has 1 aromatic rings. The molecule has 21 heavy (non-hydrogen) atoms. The Morgan fingerprint density at radius 1 is 1.57 bits per heavy atom. The van der Waals surface area contributed by atoms with Crippen molar-refractivity contribution in [3.63, 3.8) is 0 Å². The van der Waals surface area contributed by atoms with Gasteiger partial charge in [0.15, 0.2) is 0 Å². The molecule has 0 aliphatic carbocycles. The lowest BCUT2D eigenvalue weighted by atomic mass is 10.2. The average Bonchev–Trinajstić information content (AvgIpc) is 2.63. The number of carboxylic acids is 1. The number of amides is 1. The molecule has 0 spiro atoms. The summed E-state index contributed by atoms with van der Waals surface area (Å²) < 4.78 is 0.502. The topological polar surface area (TPSA) is 80.7 Å². The summed E-state index contributed by atoms with van der Waals surface area (Å²) in [5.74, 6) is -2.03. The van der Waals surface area contributed by atoms with Crippen LogP contribution in [0.15, 0.2) is 21.5 Å². The molecular formula is C12H6BrClNO4S2-. The number of halogens is 2. The quantitative estimate of drug-likeness (QED) is 0.607. The molecule has 0 unspecified atom stereocenters. The Bertz CT molecular complexity index is 692. The maximum absolute atomic E-state index is 12.1. The smallest absolute Gasteiger partial charge is 0.266 e. The fourth-order valence-electron chi connectivity index (χ4n) is 1.60. The molecule has 1 saturated heterocycles. The van der Waals surface area contributed by atoms with E-state index in [-0.39, 0.29) is 15.0 Å². The van der Waals surface area contributed by atoms with Gasteiger partial charge in [-0.3, -0.25) is 9.69 Å². The van der Waals surface area contributed by atoms with Crippen LogP contribution in [-0.4, -0.2) is 32.7 Å². The predicted molar refractivity (Wildman–Crippen MR) is 85.7 cm³/mol. The van der Waals surface area contributed by atoms with Crippen molar-refractivity contribution in [2.75, 3.05) is 6.54 Å². The first-order chi connectivity index (χ1) is 9.79. The summed E-state index contributed by atoms with van der Waals surface area (Å²) in [5, 5.41) is 20.9. The minimum Gasteiger partial charge on any atom is -0.548 e. The lowest BCUT2D eigenvalue weighted by molar-refractivity contribution is -0.305. The van der Waals surface area contributed by atoms with Crippen LogP contribution in [0.3, 0.4) is 0 Å². The molecule has 0 saturated carbocycles. The van der Waals surface area contributed by atoms with Crippen LogP contribution in [-0.2, 0) is 9.59 Å². The third-order valence-corrected chi connectivity index (χ3v) is 4.71. The van der Waals surface area contributed by atoms with E-state index in [1.54, 1.807) is 0 Å². The Labute approximate surface area is 142 Å². The van der Waals surface area contributed by atoms with Crippen LogP contribution in [0.1, 0.15) is 5.56 Å². The highest BCUT2D eigenvalue weighted by atomic mass is 79.9. The van der Waals surface area contributed by atoms with Crippen LogP contribution in [0.2, 0.25) is 5.02 Å². The first-order valence-electron chi connectivity index (χ1n) is 5.43. The summed E-state index contributed by atoms with van der Waals surface area (Å²) in [6.07, 6.45) is 1.40. The number of benzene rings is 1. The van der Waals surface area contributed by atoms with E-state index in [2.05, 4.69) is 15.9 Å². The van der Waals surface area contributed by atoms with E-state index < -0.39 is 18.4 Å². The second-order valence-electron chi connectivity index (χ2n) is 3.97. The summed E-state index contributed by atoms with van der Waals surface area (Å²) in [6, 6.07) is 2.99. The Hall–Kier alpha value is -1.09. The Kier molecular flexibility index (Phi) is 4.92. The van der Waals surface area contributed by atoms with E-state index >= 15 is 0 Å². The maximum Gasteiger partial charge on any atom is 0.266 e. The van der Waals surface area contributed by atoms with E-state index in [0.717, 1.165) is 16.7 Å². The standard InChI is InChI=1S/C12H7BrClNO4S2/c13-7-3-6(14)1-5(10(7)18)2-8-11(19)15(4-9(16)17)12(20)21-8/h1-3,18H,4H2,(H,16,17)/p-1/b8-2+. The maximum atomic E-state index is 12.1. The van der Waals surface area contributed by atoms with Gasteiger partial charge in [0.05, 0.1) is 21.9 Å². The Morgan fingerprint density at radius 3 is 2.86 bits per heavy atom. The zero-order valence-corrected chi connectivity index (χ0v) is 14.1. The lowest BCUT2D eigenvalue weighted by Crippen LogP contribution is -2.40. The fourth-order valence-corrected chi connectivity index (χ4v) is 3.68. The number of aliphatic carboxylic acids is 1. The Balaban J connectivity index is 2.37. The SMILES string of the molecule is O=C([O-])CN1C(=O)/C(=C\c2cc(Cl)cc(Br)c2O)SC1=S. The van der Waals surface area contributed by atoms with Gasteiger partial charge in [0.25, 0.3) is 5.91 Å². The largest absolute Gasteiger partial charge is 0.548 e. The third-order valence-electron chi connectivity index (χ3n) is 2.51. The van der Waals surface area contributed by atoms with Gasteiger partial charge in [0.2, 0.25) is 0 Å². The normalized spacial score (nSPS) is 16.9. The van der Waals surface area contributed by atoms with Gasteiger partial charge in [0, 0.05) is 10.6 Å². The Morgan fingerprint density at radius 2 is 2.24 bits per heavy atom. The van der Waals surface area contributed by atoms with E-state index in [4.69, 9.17) is 23.8 Å². The van der Waals surface area contributed by atoms with E-state index in [0.29, 0.717) is 15.1 Å². The molecule has 0 radical (unpaired) electrons. The molecule has 1 heterocycles. The molecule has 5 nitrogen and oxygen atoms in total. The summed E-state index contributed by atoms with van der Waals surface area (Å²) in [4.78, 5) is 23.8.